The standard InChI is InChI=1S/C18H19BrN2O4/c1-12-3-2-4-14(9-12)24-8-7-21-17(22)11-25-18(23)15-10-13(19)5-6-16(15)20/h2-6,9-10H,7-8,11,20H2,1H3,(H,21,22). The highest BCUT2D eigenvalue weighted by Crippen LogP contribution is 2.19. The zero-order chi connectivity index (χ0) is 18.2. The van der Waals surface area contributed by atoms with Crippen LogP contribution >= 0.6 is 15.9 Å². The average Bonchev–Trinajstić information content (AvgIpc) is 2.59. The summed E-state index contributed by atoms with van der Waals surface area (Å²) in [6.45, 7) is 2.22. The van der Waals surface area contributed by atoms with Crippen LogP contribution in [0.4, 0.5) is 5.69 Å². The normalized spacial score (nSPS) is 10.2. The fraction of sp³-hybridized carbons (Fsp3) is 0.222. The Bertz CT molecular complexity index is 764. The monoisotopic (exact) mass is 406 g/mol. The fourth-order valence-electron chi connectivity index (χ4n) is 2.03. The molecule has 0 atom stereocenters. The molecule has 0 saturated heterocycles. The summed E-state index contributed by atoms with van der Waals surface area (Å²) in [4.78, 5) is 23.7. The smallest absolute Gasteiger partial charge is 0.340 e. The molecule has 132 valence electrons. The maximum Gasteiger partial charge on any atom is 0.340 e. The van der Waals surface area contributed by atoms with Crippen molar-refractivity contribution in [2.45, 2.75) is 6.92 Å². The average molecular weight is 407 g/mol. The highest BCUT2D eigenvalue weighted by molar-refractivity contribution is 9.10. The van der Waals surface area contributed by atoms with Crippen LogP contribution in [0.2, 0.25) is 0 Å². The van der Waals surface area contributed by atoms with Gasteiger partial charge in [0.1, 0.15) is 12.4 Å². The number of benzene rings is 2. The van der Waals surface area contributed by atoms with Crippen LogP contribution in [-0.2, 0) is 9.53 Å². The lowest BCUT2D eigenvalue weighted by Crippen LogP contribution is -2.32. The third kappa shape index (κ3) is 6.11. The van der Waals surface area contributed by atoms with Crippen molar-refractivity contribution < 1.29 is 19.1 Å². The molecular weight excluding hydrogens is 388 g/mol. The van der Waals surface area contributed by atoms with E-state index < -0.39 is 11.9 Å². The van der Waals surface area contributed by atoms with Gasteiger partial charge in [-0.3, -0.25) is 4.79 Å². The number of carbonyl (C=O) groups excluding carboxylic acids is 2. The number of anilines is 1. The maximum atomic E-state index is 11.9. The van der Waals surface area contributed by atoms with Crippen molar-refractivity contribution in [3.05, 3.63) is 58.1 Å². The van der Waals surface area contributed by atoms with E-state index in [1.54, 1.807) is 18.2 Å². The molecule has 0 bridgehead atoms. The molecule has 0 heterocycles. The van der Waals surface area contributed by atoms with Crippen LogP contribution in [-0.4, -0.2) is 31.6 Å². The number of ether oxygens (including phenoxy) is 2. The maximum absolute atomic E-state index is 11.9. The number of carbonyl (C=O) groups is 2. The summed E-state index contributed by atoms with van der Waals surface area (Å²) in [6, 6.07) is 12.5. The van der Waals surface area contributed by atoms with E-state index in [2.05, 4.69) is 21.2 Å². The Morgan fingerprint density at radius 3 is 2.76 bits per heavy atom. The number of nitrogens with one attached hydrogen (secondary N) is 1. The molecule has 7 heteroatoms. The molecule has 0 spiro atoms. The molecule has 0 aromatic heterocycles. The molecule has 0 saturated carbocycles. The second-order valence-corrected chi connectivity index (χ2v) is 6.24. The van der Waals surface area contributed by atoms with Gasteiger partial charge in [-0.25, -0.2) is 4.79 Å². The summed E-state index contributed by atoms with van der Waals surface area (Å²) in [7, 11) is 0. The Morgan fingerprint density at radius 1 is 1.20 bits per heavy atom. The molecule has 3 N–H and O–H groups in total. The van der Waals surface area contributed by atoms with Crippen LogP contribution in [0.1, 0.15) is 15.9 Å². The number of aryl methyl sites for hydroxylation is 1. The Morgan fingerprint density at radius 2 is 2.00 bits per heavy atom. The molecule has 6 nitrogen and oxygen atoms in total. The van der Waals surface area contributed by atoms with Gasteiger partial charge in [0.2, 0.25) is 0 Å². The number of nitrogen functional groups attached to an aromatic ring is 1. The van der Waals surface area contributed by atoms with Crippen molar-refractivity contribution >= 4 is 33.5 Å². The van der Waals surface area contributed by atoms with Gasteiger partial charge in [0.25, 0.3) is 5.91 Å². The molecule has 0 aliphatic heterocycles. The first-order valence-electron chi connectivity index (χ1n) is 7.64. The minimum absolute atomic E-state index is 0.213. The molecule has 0 fully saturated rings. The number of hydrogen-bond donors (Lipinski definition) is 2. The van der Waals surface area contributed by atoms with Crippen molar-refractivity contribution in [1.82, 2.24) is 5.32 Å². The van der Waals surface area contributed by atoms with E-state index in [4.69, 9.17) is 15.2 Å². The third-order valence-electron chi connectivity index (χ3n) is 3.25. The zero-order valence-corrected chi connectivity index (χ0v) is 15.3. The summed E-state index contributed by atoms with van der Waals surface area (Å²) in [5.41, 5.74) is 7.32. The molecule has 25 heavy (non-hydrogen) atoms. The first-order valence-corrected chi connectivity index (χ1v) is 8.43. The molecule has 2 aromatic rings. The van der Waals surface area contributed by atoms with Crippen molar-refractivity contribution in [1.29, 1.82) is 0 Å². The highest BCUT2D eigenvalue weighted by Gasteiger charge is 2.13. The van der Waals surface area contributed by atoms with Crippen LogP contribution in [0.3, 0.4) is 0 Å². The minimum Gasteiger partial charge on any atom is -0.492 e. The Labute approximate surface area is 154 Å². The van der Waals surface area contributed by atoms with Crippen molar-refractivity contribution in [2.24, 2.45) is 0 Å². The van der Waals surface area contributed by atoms with Crippen LogP contribution in [0.5, 0.6) is 5.75 Å². The predicted octanol–water partition coefficient (Wildman–Crippen LogP) is 2.69. The van der Waals surface area contributed by atoms with Crippen molar-refractivity contribution in [3.63, 3.8) is 0 Å². The van der Waals surface area contributed by atoms with E-state index in [1.807, 2.05) is 31.2 Å². The van der Waals surface area contributed by atoms with E-state index in [9.17, 15) is 9.59 Å². The van der Waals surface area contributed by atoms with Gasteiger partial charge in [0.15, 0.2) is 6.61 Å². The lowest BCUT2D eigenvalue weighted by Gasteiger charge is -2.09. The molecule has 0 unspecified atom stereocenters. The van der Waals surface area contributed by atoms with Gasteiger partial charge in [0, 0.05) is 10.2 Å². The molecule has 0 radical (unpaired) electrons. The van der Waals surface area contributed by atoms with Gasteiger partial charge in [0.05, 0.1) is 12.1 Å². The summed E-state index contributed by atoms with van der Waals surface area (Å²) in [5.74, 6) is -0.314. The highest BCUT2D eigenvalue weighted by atomic mass is 79.9. The zero-order valence-electron chi connectivity index (χ0n) is 13.8. The molecule has 2 aromatic carbocycles. The summed E-state index contributed by atoms with van der Waals surface area (Å²) in [5, 5.41) is 2.62. The minimum atomic E-state index is -0.648. The number of halogens is 1. The topological polar surface area (TPSA) is 90.6 Å². The number of rotatable bonds is 7. The van der Waals surface area contributed by atoms with Crippen molar-refractivity contribution in [3.8, 4) is 5.75 Å². The molecule has 0 aliphatic rings. The Balaban J connectivity index is 1.70. The van der Waals surface area contributed by atoms with Crippen LogP contribution < -0.4 is 15.8 Å². The molecule has 2 rings (SSSR count). The van der Waals surface area contributed by atoms with E-state index in [0.29, 0.717) is 23.3 Å². The Kier molecular flexibility index (Phi) is 6.82. The van der Waals surface area contributed by atoms with Crippen LogP contribution in [0.15, 0.2) is 46.9 Å². The summed E-state index contributed by atoms with van der Waals surface area (Å²) >= 11 is 3.25. The lowest BCUT2D eigenvalue weighted by molar-refractivity contribution is -0.124. The van der Waals surface area contributed by atoms with Gasteiger partial charge < -0.3 is 20.5 Å². The quantitative estimate of drug-likeness (QED) is 0.419. The van der Waals surface area contributed by atoms with E-state index in [1.165, 1.54) is 0 Å². The Hall–Kier alpha value is -2.54. The van der Waals surface area contributed by atoms with Gasteiger partial charge in [-0.1, -0.05) is 28.1 Å². The SMILES string of the molecule is Cc1cccc(OCCNC(=O)COC(=O)c2cc(Br)ccc2N)c1. The van der Waals surface area contributed by atoms with Gasteiger partial charge in [-0.2, -0.15) is 0 Å². The second kappa shape index (κ2) is 9.08. The van der Waals surface area contributed by atoms with Crippen LogP contribution in [0.25, 0.3) is 0 Å². The van der Waals surface area contributed by atoms with Gasteiger partial charge in [-0.15, -0.1) is 0 Å². The number of hydrogen-bond acceptors (Lipinski definition) is 5. The first kappa shape index (κ1) is 18.8. The summed E-state index contributed by atoms with van der Waals surface area (Å²) < 4.78 is 11.2. The van der Waals surface area contributed by atoms with E-state index in [0.717, 1.165) is 11.3 Å². The largest absolute Gasteiger partial charge is 0.492 e. The second-order valence-electron chi connectivity index (χ2n) is 5.32. The number of nitrogens with two attached hydrogens (primary N) is 1. The molecule has 0 aliphatic carbocycles. The van der Waals surface area contributed by atoms with Gasteiger partial charge in [-0.05, 0) is 42.8 Å². The predicted molar refractivity (Wildman–Crippen MR) is 98.5 cm³/mol. The number of esters is 1. The summed E-state index contributed by atoms with van der Waals surface area (Å²) in [6.07, 6.45) is 0. The molecule has 1 amide bonds. The van der Waals surface area contributed by atoms with Gasteiger partial charge >= 0.3 is 5.97 Å². The lowest BCUT2D eigenvalue weighted by atomic mass is 10.2. The van der Waals surface area contributed by atoms with Crippen molar-refractivity contribution in [2.75, 3.05) is 25.5 Å². The third-order valence-corrected chi connectivity index (χ3v) is 3.75. The number of amides is 1. The fourth-order valence-corrected chi connectivity index (χ4v) is 2.39. The van der Waals surface area contributed by atoms with E-state index >= 15 is 0 Å². The van der Waals surface area contributed by atoms with E-state index in [-0.39, 0.29) is 12.2 Å². The first-order chi connectivity index (χ1) is 12.0. The molecular formula is C18H19BrN2O4. The van der Waals surface area contributed by atoms with Crippen LogP contribution in [0, 0.1) is 6.92 Å².